The highest BCUT2D eigenvalue weighted by Crippen LogP contribution is 2.37. The van der Waals surface area contributed by atoms with Crippen molar-refractivity contribution in [1.82, 2.24) is 35.3 Å². The number of anilines is 4. The van der Waals surface area contributed by atoms with Crippen LogP contribution in [0.3, 0.4) is 0 Å². The molecule has 3 heterocycles. The summed E-state index contributed by atoms with van der Waals surface area (Å²) in [6.07, 6.45) is 3.52. The molecule has 1 aromatic carbocycles. The number of benzene rings is 1. The minimum absolute atomic E-state index is 0.0377. The SMILES string of the molecule is CCC(=O)c1cnc(Nc2ccc(CNC)nn2)cc1Nc1cccc(-c2ncn(C)n2)c1OC. The van der Waals surface area contributed by atoms with Crippen molar-refractivity contribution >= 4 is 28.8 Å². The fourth-order valence-corrected chi connectivity index (χ4v) is 3.51. The number of hydrogen-bond acceptors (Lipinski definition) is 10. The lowest BCUT2D eigenvalue weighted by atomic mass is 10.1. The summed E-state index contributed by atoms with van der Waals surface area (Å²) in [5, 5.41) is 22.3. The van der Waals surface area contributed by atoms with E-state index >= 15 is 0 Å². The molecule has 4 aromatic rings. The second kappa shape index (κ2) is 10.7. The number of Topliss-reactive ketones (excluding diaryl/α,β-unsaturated/α-hetero) is 1. The van der Waals surface area contributed by atoms with Gasteiger partial charge >= 0.3 is 0 Å². The van der Waals surface area contributed by atoms with Gasteiger partial charge in [-0.25, -0.2) is 9.97 Å². The van der Waals surface area contributed by atoms with Gasteiger partial charge in [0, 0.05) is 32.3 Å². The Labute approximate surface area is 203 Å². The van der Waals surface area contributed by atoms with Crippen LogP contribution in [0.4, 0.5) is 23.0 Å². The van der Waals surface area contributed by atoms with Crippen LogP contribution in [0.5, 0.6) is 5.75 Å². The zero-order chi connectivity index (χ0) is 24.8. The third kappa shape index (κ3) is 5.41. The Morgan fingerprint density at radius 2 is 1.91 bits per heavy atom. The molecule has 0 bridgehead atoms. The molecule has 11 nitrogen and oxygen atoms in total. The molecule has 3 N–H and O–H groups in total. The van der Waals surface area contributed by atoms with Crippen LogP contribution < -0.4 is 20.7 Å². The van der Waals surface area contributed by atoms with E-state index in [1.807, 2.05) is 44.3 Å². The summed E-state index contributed by atoms with van der Waals surface area (Å²) in [4.78, 5) is 21.4. The standard InChI is InChI=1S/C24H27N9O2/c1-5-20(34)17-13-26-22(29-21-10-9-15(12-25-2)30-31-21)11-19(17)28-18-8-6-7-16(23(18)35-4)24-27-14-33(3)32-24/h6-11,13-14,25H,5,12H2,1-4H3,(H2,26,28,29,31). The molecule has 0 aliphatic rings. The van der Waals surface area contributed by atoms with E-state index in [1.165, 1.54) is 0 Å². The first-order valence-electron chi connectivity index (χ1n) is 11.1. The van der Waals surface area contributed by atoms with Crippen molar-refractivity contribution in [3.05, 3.63) is 60.2 Å². The summed E-state index contributed by atoms with van der Waals surface area (Å²) < 4.78 is 7.33. The van der Waals surface area contributed by atoms with Crippen LogP contribution >= 0.6 is 0 Å². The first-order chi connectivity index (χ1) is 17.0. The third-order valence-corrected chi connectivity index (χ3v) is 5.19. The van der Waals surface area contributed by atoms with Crippen LogP contribution in [0.2, 0.25) is 0 Å². The van der Waals surface area contributed by atoms with Gasteiger partial charge in [-0.05, 0) is 31.3 Å². The lowest BCUT2D eigenvalue weighted by molar-refractivity contribution is 0.0988. The summed E-state index contributed by atoms with van der Waals surface area (Å²) in [5.74, 6) is 2.11. The molecule has 0 saturated carbocycles. The Balaban J connectivity index is 1.68. The molecule has 0 amide bonds. The number of pyridine rings is 1. The van der Waals surface area contributed by atoms with E-state index in [1.54, 1.807) is 37.4 Å². The van der Waals surface area contributed by atoms with E-state index in [0.29, 0.717) is 53.1 Å². The molecule has 3 aromatic heterocycles. The Bertz CT molecular complexity index is 1320. The average molecular weight is 474 g/mol. The van der Waals surface area contributed by atoms with Crippen LogP contribution in [-0.2, 0) is 13.6 Å². The largest absolute Gasteiger partial charge is 0.494 e. The number of para-hydroxylation sites is 1. The minimum atomic E-state index is -0.0377. The van der Waals surface area contributed by atoms with Crippen molar-refractivity contribution in [3.63, 3.8) is 0 Å². The number of aromatic nitrogens is 6. The van der Waals surface area contributed by atoms with Crippen LogP contribution in [0.25, 0.3) is 11.4 Å². The van der Waals surface area contributed by atoms with Gasteiger partial charge in [-0.1, -0.05) is 13.0 Å². The highest BCUT2D eigenvalue weighted by atomic mass is 16.5. The number of ether oxygens (including phenoxy) is 1. The molecule has 0 atom stereocenters. The number of ketones is 1. The first-order valence-corrected chi connectivity index (χ1v) is 11.1. The van der Waals surface area contributed by atoms with Crippen LogP contribution in [0.1, 0.15) is 29.4 Å². The van der Waals surface area contributed by atoms with E-state index in [9.17, 15) is 4.79 Å². The number of hydrogen-bond donors (Lipinski definition) is 3. The monoisotopic (exact) mass is 473 g/mol. The fraction of sp³-hybridized carbons (Fsp3) is 0.250. The smallest absolute Gasteiger partial charge is 0.184 e. The van der Waals surface area contributed by atoms with Crippen LogP contribution in [-0.4, -0.2) is 49.9 Å². The number of carbonyl (C=O) groups excluding carboxylic acids is 1. The van der Waals surface area contributed by atoms with Gasteiger partial charge in [0.2, 0.25) is 0 Å². The quantitative estimate of drug-likeness (QED) is 0.294. The summed E-state index contributed by atoms with van der Waals surface area (Å²) in [7, 11) is 5.24. The van der Waals surface area contributed by atoms with Gasteiger partial charge in [0.15, 0.2) is 23.2 Å². The average Bonchev–Trinajstić information content (AvgIpc) is 3.31. The van der Waals surface area contributed by atoms with E-state index in [-0.39, 0.29) is 5.78 Å². The van der Waals surface area contributed by atoms with E-state index in [4.69, 9.17) is 4.74 Å². The van der Waals surface area contributed by atoms with Crippen molar-refractivity contribution in [2.45, 2.75) is 19.9 Å². The number of nitrogens with zero attached hydrogens (tertiary/aromatic N) is 6. The first kappa shape index (κ1) is 23.8. The highest BCUT2D eigenvalue weighted by molar-refractivity contribution is 6.02. The van der Waals surface area contributed by atoms with E-state index < -0.39 is 0 Å². The minimum Gasteiger partial charge on any atom is -0.494 e. The molecule has 11 heteroatoms. The van der Waals surface area contributed by atoms with Gasteiger partial charge in [0.25, 0.3) is 0 Å². The zero-order valence-corrected chi connectivity index (χ0v) is 20.0. The van der Waals surface area contributed by atoms with Crippen molar-refractivity contribution in [2.75, 3.05) is 24.8 Å². The lowest BCUT2D eigenvalue weighted by Crippen LogP contribution is -2.09. The summed E-state index contributed by atoms with van der Waals surface area (Å²) in [6, 6.07) is 11.1. The maximum atomic E-state index is 12.7. The van der Waals surface area contributed by atoms with E-state index in [2.05, 4.69) is 41.2 Å². The number of carbonyl (C=O) groups is 1. The Morgan fingerprint density at radius 1 is 1.06 bits per heavy atom. The Morgan fingerprint density at radius 3 is 2.57 bits per heavy atom. The van der Waals surface area contributed by atoms with Crippen LogP contribution in [0.15, 0.2) is 48.9 Å². The van der Waals surface area contributed by atoms with Crippen molar-refractivity contribution in [1.29, 1.82) is 0 Å². The molecular weight excluding hydrogens is 446 g/mol. The van der Waals surface area contributed by atoms with Gasteiger partial charge in [0.05, 0.1) is 35.3 Å². The maximum Gasteiger partial charge on any atom is 0.184 e. The number of nitrogens with one attached hydrogen (secondary N) is 3. The molecule has 0 radical (unpaired) electrons. The normalized spacial score (nSPS) is 10.7. The maximum absolute atomic E-state index is 12.7. The molecule has 0 unspecified atom stereocenters. The van der Waals surface area contributed by atoms with E-state index in [0.717, 1.165) is 11.3 Å². The molecule has 4 rings (SSSR count). The number of rotatable bonds is 10. The molecule has 0 aliphatic carbocycles. The highest BCUT2D eigenvalue weighted by Gasteiger charge is 2.18. The van der Waals surface area contributed by atoms with Crippen LogP contribution in [0, 0.1) is 0 Å². The zero-order valence-electron chi connectivity index (χ0n) is 20.0. The van der Waals surface area contributed by atoms with Gasteiger partial charge in [-0.2, -0.15) is 10.2 Å². The van der Waals surface area contributed by atoms with Gasteiger partial charge in [-0.3, -0.25) is 9.48 Å². The number of aryl methyl sites for hydroxylation is 1. The topological polar surface area (TPSA) is 132 Å². The van der Waals surface area contributed by atoms with Crippen molar-refractivity contribution < 1.29 is 9.53 Å². The summed E-state index contributed by atoms with van der Waals surface area (Å²) in [5.41, 5.74) is 3.27. The molecule has 0 fully saturated rings. The molecule has 0 spiro atoms. The van der Waals surface area contributed by atoms with Crippen molar-refractivity contribution in [2.24, 2.45) is 7.05 Å². The lowest BCUT2D eigenvalue weighted by Gasteiger charge is -2.17. The second-order valence-electron chi connectivity index (χ2n) is 7.71. The molecule has 180 valence electrons. The molecular formula is C24H27N9O2. The Kier molecular flexibility index (Phi) is 7.27. The molecule has 35 heavy (non-hydrogen) atoms. The second-order valence-corrected chi connectivity index (χ2v) is 7.71. The molecule has 0 aliphatic heterocycles. The summed E-state index contributed by atoms with van der Waals surface area (Å²) >= 11 is 0. The predicted octanol–water partition coefficient (Wildman–Crippen LogP) is 3.48. The number of methoxy groups -OCH3 is 1. The molecule has 0 saturated heterocycles. The fourth-order valence-electron chi connectivity index (χ4n) is 3.51. The van der Waals surface area contributed by atoms with Gasteiger partial charge in [0.1, 0.15) is 12.1 Å². The Hall–Kier alpha value is -4.38. The van der Waals surface area contributed by atoms with Crippen molar-refractivity contribution in [3.8, 4) is 17.1 Å². The predicted molar refractivity (Wildman–Crippen MR) is 133 cm³/mol. The summed E-state index contributed by atoms with van der Waals surface area (Å²) in [6.45, 7) is 2.44. The van der Waals surface area contributed by atoms with Gasteiger partial charge in [-0.15, -0.1) is 5.10 Å². The van der Waals surface area contributed by atoms with Gasteiger partial charge < -0.3 is 20.7 Å². The third-order valence-electron chi connectivity index (χ3n) is 5.19.